The highest BCUT2D eigenvalue weighted by molar-refractivity contribution is 8.00. The molecule has 0 aromatic heterocycles. The fraction of sp³-hybridized carbons (Fsp3) is 0.680. The van der Waals surface area contributed by atoms with Gasteiger partial charge in [0.1, 0.15) is 0 Å². The highest BCUT2D eigenvalue weighted by Crippen LogP contribution is 2.23. The quantitative estimate of drug-likeness (QED) is 0.484. The average Bonchev–Trinajstić information content (AvgIpc) is 2.65. The van der Waals surface area contributed by atoms with Crippen LogP contribution in [0.4, 0.5) is 0 Å². The molecule has 0 atom stereocenters. The molecule has 2 nitrogen and oxygen atoms in total. The minimum absolute atomic E-state index is 0.398. The predicted molar refractivity (Wildman–Crippen MR) is 131 cm³/mol. The summed E-state index contributed by atoms with van der Waals surface area (Å²) in [5.41, 5.74) is 1.43. The lowest BCUT2D eigenvalue weighted by molar-refractivity contribution is 0.133. The van der Waals surface area contributed by atoms with Crippen molar-refractivity contribution < 1.29 is 0 Å². The second-order valence-electron chi connectivity index (χ2n) is 8.25. The van der Waals surface area contributed by atoms with Crippen LogP contribution in [-0.2, 0) is 6.54 Å². The second kappa shape index (κ2) is 17.1. The Morgan fingerprint density at radius 3 is 1.89 bits per heavy atom. The van der Waals surface area contributed by atoms with E-state index < -0.39 is 0 Å². The summed E-state index contributed by atoms with van der Waals surface area (Å²) >= 11 is 2.08. The Balaban J connectivity index is 0.000000777. The van der Waals surface area contributed by atoms with Crippen LogP contribution in [0.25, 0.3) is 0 Å². The summed E-state index contributed by atoms with van der Waals surface area (Å²) in [5.74, 6) is 1.25. The number of rotatable bonds is 6. The summed E-state index contributed by atoms with van der Waals surface area (Å²) in [6.45, 7) is 22.5. The molecule has 0 spiro atoms. The molecule has 28 heavy (non-hydrogen) atoms. The van der Waals surface area contributed by atoms with Gasteiger partial charge in [-0.05, 0) is 18.9 Å². The zero-order valence-corrected chi connectivity index (χ0v) is 20.5. The Kier molecular flexibility index (Phi) is 16.6. The van der Waals surface area contributed by atoms with Crippen molar-refractivity contribution >= 4 is 11.8 Å². The lowest BCUT2D eigenvalue weighted by atomic mass is 10.2. The molecule has 1 saturated heterocycles. The Morgan fingerprint density at radius 1 is 0.929 bits per heavy atom. The third-order valence-electron chi connectivity index (χ3n) is 4.13. The Hall–Kier alpha value is -0.770. The van der Waals surface area contributed by atoms with Crippen LogP contribution in [0.2, 0.25) is 0 Å². The molecule has 0 unspecified atom stereocenters. The zero-order valence-electron chi connectivity index (χ0n) is 19.7. The molecule has 0 aliphatic carbocycles. The minimum Gasteiger partial charge on any atom is -0.300 e. The molecule has 3 heteroatoms. The number of hydrogen-bond acceptors (Lipinski definition) is 3. The van der Waals surface area contributed by atoms with Crippen LogP contribution in [0, 0.1) is 0 Å². The van der Waals surface area contributed by atoms with E-state index in [9.17, 15) is 0 Å². The maximum Gasteiger partial charge on any atom is 0.0234 e. The van der Waals surface area contributed by atoms with E-state index in [1.54, 1.807) is 0 Å². The second-order valence-corrected chi connectivity index (χ2v) is 10.2. The van der Waals surface area contributed by atoms with Crippen LogP contribution in [0.15, 0.2) is 42.5 Å². The number of piperazine rings is 1. The van der Waals surface area contributed by atoms with Crippen LogP contribution >= 0.6 is 11.8 Å². The van der Waals surface area contributed by atoms with Crippen molar-refractivity contribution in [1.29, 1.82) is 0 Å². The number of benzene rings is 1. The molecule has 0 saturated carbocycles. The van der Waals surface area contributed by atoms with Crippen LogP contribution in [0.3, 0.4) is 0 Å². The van der Waals surface area contributed by atoms with Crippen LogP contribution in [-0.4, -0.2) is 53.0 Å². The summed E-state index contributed by atoms with van der Waals surface area (Å²) in [6.07, 6.45) is 6.59. The molecule has 1 aliphatic heterocycles. The van der Waals surface area contributed by atoms with E-state index in [-0.39, 0.29) is 0 Å². The summed E-state index contributed by atoms with van der Waals surface area (Å²) in [6, 6.07) is 10.8. The van der Waals surface area contributed by atoms with Gasteiger partial charge in [-0.15, -0.1) is 0 Å². The van der Waals surface area contributed by atoms with Gasteiger partial charge < -0.3 is 0 Å². The van der Waals surface area contributed by atoms with Crippen molar-refractivity contribution in [3.8, 4) is 0 Å². The molecule has 2 rings (SSSR count). The van der Waals surface area contributed by atoms with Crippen molar-refractivity contribution in [3.63, 3.8) is 0 Å². The van der Waals surface area contributed by atoms with Gasteiger partial charge in [0, 0.05) is 49.8 Å². The largest absolute Gasteiger partial charge is 0.300 e. The molecule has 0 radical (unpaired) electrons. The number of allylic oxidation sites excluding steroid dienone is 2. The molecule has 1 aromatic rings. The highest BCUT2D eigenvalue weighted by Gasteiger charge is 2.17. The lowest BCUT2D eigenvalue weighted by Gasteiger charge is -2.35. The number of nitrogens with zero attached hydrogens (tertiary/aromatic N) is 2. The molecule has 1 aliphatic rings. The van der Waals surface area contributed by atoms with Crippen molar-refractivity contribution in [1.82, 2.24) is 9.80 Å². The summed E-state index contributed by atoms with van der Waals surface area (Å²) < 4.78 is 0.398. The van der Waals surface area contributed by atoms with E-state index in [0.717, 1.165) is 13.0 Å². The molecular formula is C25H46N2S. The lowest BCUT2D eigenvalue weighted by Crippen LogP contribution is -2.46. The molecule has 162 valence electrons. The first-order chi connectivity index (χ1) is 13.4. The fourth-order valence-corrected chi connectivity index (χ4v) is 3.69. The smallest absolute Gasteiger partial charge is 0.0234 e. The zero-order chi connectivity index (χ0) is 21.3. The summed E-state index contributed by atoms with van der Waals surface area (Å²) in [4.78, 5) is 5.18. The average molecular weight is 407 g/mol. The van der Waals surface area contributed by atoms with Crippen LogP contribution < -0.4 is 0 Å². The van der Waals surface area contributed by atoms with Crippen molar-refractivity contribution in [2.24, 2.45) is 0 Å². The predicted octanol–water partition coefficient (Wildman–Crippen LogP) is 6.72. The number of thioether (sulfide) groups is 1. The molecule has 1 aromatic carbocycles. The first kappa shape index (κ1) is 27.2. The van der Waals surface area contributed by atoms with E-state index >= 15 is 0 Å². The minimum atomic E-state index is 0.398. The van der Waals surface area contributed by atoms with Gasteiger partial charge in [0.05, 0.1) is 0 Å². The Labute approximate surface area is 180 Å². The van der Waals surface area contributed by atoms with Gasteiger partial charge in [-0.3, -0.25) is 9.80 Å². The van der Waals surface area contributed by atoms with Gasteiger partial charge in [-0.2, -0.15) is 11.8 Å². The van der Waals surface area contributed by atoms with Crippen molar-refractivity contribution in [2.75, 3.05) is 38.5 Å². The van der Waals surface area contributed by atoms with E-state index in [1.165, 1.54) is 50.5 Å². The van der Waals surface area contributed by atoms with Gasteiger partial charge >= 0.3 is 0 Å². The van der Waals surface area contributed by atoms with Gasteiger partial charge in [-0.1, -0.05) is 90.4 Å². The Morgan fingerprint density at radius 2 is 1.46 bits per heavy atom. The van der Waals surface area contributed by atoms with Crippen molar-refractivity contribution in [2.45, 2.75) is 72.6 Å². The van der Waals surface area contributed by atoms with Gasteiger partial charge in [0.15, 0.2) is 0 Å². The van der Waals surface area contributed by atoms with E-state index in [0.29, 0.717) is 4.75 Å². The standard InChI is InChI=1S/C17H28N2S.C5H10.C3H8/c1-17(2,3)20-14-13-18-9-11-19(12-10-18)15-16-7-5-4-6-8-16;1-3-5-4-2;1-3-2/h4-8H,9-15H2,1-3H3;3,5H,4H2,1-2H3;3H2,1-2H3/b;5-3+;. The fourth-order valence-electron chi connectivity index (χ4n) is 2.73. The molecule has 0 N–H and O–H groups in total. The monoisotopic (exact) mass is 406 g/mol. The maximum absolute atomic E-state index is 2.61. The summed E-state index contributed by atoms with van der Waals surface area (Å²) in [5, 5.41) is 0. The van der Waals surface area contributed by atoms with Crippen LogP contribution in [0.1, 0.15) is 66.9 Å². The highest BCUT2D eigenvalue weighted by atomic mass is 32.2. The SMILES string of the molecule is C/C=C/CC.CC(C)(C)SCCN1CCN(Cc2ccccc2)CC1.CCC. The molecule has 0 amide bonds. The third-order valence-corrected chi connectivity index (χ3v) is 5.38. The first-order valence-electron chi connectivity index (χ1n) is 11.1. The maximum atomic E-state index is 2.61. The summed E-state index contributed by atoms with van der Waals surface area (Å²) in [7, 11) is 0. The number of hydrogen-bond donors (Lipinski definition) is 0. The van der Waals surface area contributed by atoms with Crippen molar-refractivity contribution in [3.05, 3.63) is 48.0 Å². The van der Waals surface area contributed by atoms with E-state index in [1.807, 2.05) is 6.92 Å². The third kappa shape index (κ3) is 16.2. The van der Waals surface area contributed by atoms with Gasteiger partial charge in [-0.25, -0.2) is 0 Å². The van der Waals surface area contributed by atoms with Crippen LogP contribution in [0.5, 0.6) is 0 Å². The topological polar surface area (TPSA) is 6.48 Å². The molecule has 1 heterocycles. The first-order valence-corrected chi connectivity index (χ1v) is 12.1. The van der Waals surface area contributed by atoms with Gasteiger partial charge in [0.2, 0.25) is 0 Å². The molecule has 1 fully saturated rings. The van der Waals surface area contributed by atoms with Gasteiger partial charge in [0.25, 0.3) is 0 Å². The van der Waals surface area contributed by atoms with E-state index in [4.69, 9.17) is 0 Å². The molecule has 0 bridgehead atoms. The molecular weight excluding hydrogens is 360 g/mol. The van der Waals surface area contributed by atoms with E-state index in [2.05, 4.69) is 106 Å². The Bertz CT molecular complexity index is 471. The normalized spacial score (nSPS) is 15.5.